The van der Waals surface area contributed by atoms with E-state index in [0.717, 1.165) is 10.4 Å². The van der Waals surface area contributed by atoms with Gasteiger partial charge in [-0.25, -0.2) is 13.2 Å². The van der Waals surface area contributed by atoms with Crippen LogP contribution in [-0.2, 0) is 19.6 Å². The molecule has 1 atom stereocenters. The molecule has 0 fully saturated rings. The summed E-state index contributed by atoms with van der Waals surface area (Å²) in [6.07, 6.45) is 0. The van der Waals surface area contributed by atoms with Crippen LogP contribution in [0.4, 0.5) is 5.69 Å². The summed E-state index contributed by atoms with van der Waals surface area (Å²) in [6.45, 7) is 6.71. The van der Waals surface area contributed by atoms with Crippen LogP contribution in [-0.4, -0.2) is 26.9 Å². The van der Waals surface area contributed by atoms with Gasteiger partial charge in [-0.2, -0.15) is 0 Å². The first-order valence-corrected chi connectivity index (χ1v) is 12.6. The van der Waals surface area contributed by atoms with Gasteiger partial charge in [-0.15, -0.1) is 11.3 Å². The molecule has 0 aliphatic carbocycles. The van der Waals surface area contributed by atoms with Crippen molar-refractivity contribution >= 4 is 38.9 Å². The van der Waals surface area contributed by atoms with E-state index in [-0.39, 0.29) is 22.2 Å². The van der Waals surface area contributed by atoms with Crippen LogP contribution in [0, 0.1) is 20.8 Å². The lowest BCUT2D eigenvalue weighted by Crippen LogP contribution is -2.31. The lowest BCUT2D eigenvalue weighted by atomic mass is 10.1. The van der Waals surface area contributed by atoms with E-state index < -0.39 is 28.5 Å². The molecule has 0 aliphatic rings. The van der Waals surface area contributed by atoms with Gasteiger partial charge in [0.05, 0.1) is 22.2 Å². The number of aryl methyl sites for hydroxylation is 3. The number of hydrogen-bond acceptors (Lipinski definition) is 6. The molecule has 0 unspecified atom stereocenters. The van der Waals surface area contributed by atoms with Gasteiger partial charge in [0.1, 0.15) is 0 Å². The predicted octanol–water partition coefficient (Wildman–Crippen LogP) is 4.51. The van der Waals surface area contributed by atoms with Gasteiger partial charge in [-0.1, -0.05) is 35.9 Å². The van der Waals surface area contributed by atoms with Crippen LogP contribution < -0.4 is 10.0 Å². The molecule has 0 spiro atoms. The van der Waals surface area contributed by atoms with E-state index in [9.17, 15) is 18.0 Å². The number of hydrogen-bond donors (Lipinski definition) is 2. The molecule has 7 nitrogen and oxygen atoms in total. The fourth-order valence-electron chi connectivity index (χ4n) is 3.64. The van der Waals surface area contributed by atoms with E-state index in [2.05, 4.69) is 10.0 Å². The van der Waals surface area contributed by atoms with Crippen molar-refractivity contribution < 1.29 is 22.7 Å². The summed E-state index contributed by atoms with van der Waals surface area (Å²) >= 11 is 1.51. The molecule has 1 aromatic heterocycles. The van der Waals surface area contributed by atoms with Gasteiger partial charge in [0, 0.05) is 4.88 Å². The first kappa shape index (κ1) is 24.5. The molecule has 0 radical (unpaired) electrons. The average Bonchev–Trinajstić information content (AvgIpc) is 3.26. The van der Waals surface area contributed by atoms with Crippen molar-refractivity contribution in [2.24, 2.45) is 0 Å². The molecule has 1 heterocycles. The zero-order valence-corrected chi connectivity index (χ0v) is 20.5. The van der Waals surface area contributed by atoms with Crippen LogP contribution in [0.2, 0.25) is 0 Å². The van der Waals surface area contributed by atoms with E-state index in [0.29, 0.717) is 11.1 Å². The predicted molar refractivity (Wildman–Crippen MR) is 129 cm³/mol. The average molecular weight is 487 g/mol. The third-order valence-corrected chi connectivity index (χ3v) is 7.67. The molecule has 3 aromatic rings. The topological polar surface area (TPSA) is 102 Å². The molecule has 2 N–H and O–H groups in total. The molecule has 2 aromatic carbocycles. The van der Waals surface area contributed by atoms with E-state index in [1.165, 1.54) is 23.5 Å². The Bertz CT molecular complexity index is 1240. The number of para-hydroxylation sites is 1. The number of nitrogens with one attached hydrogen (secondary N) is 2. The van der Waals surface area contributed by atoms with Crippen molar-refractivity contribution in [3.05, 3.63) is 81.0 Å². The maximum Gasteiger partial charge on any atom is 0.340 e. The van der Waals surface area contributed by atoms with Crippen LogP contribution >= 0.6 is 11.3 Å². The maximum absolute atomic E-state index is 13.1. The minimum absolute atomic E-state index is 0.0163. The Morgan fingerprint density at radius 3 is 2.33 bits per heavy atom. The summed E-state index contributed by atoms with van der Waals surface area (Å²) in [5, 5.41) is 4.68. The van der Waals surface area contributed by atoms with E-state index in [1.807, 2.05) is 31.4 Å². The highest BCUT2D eigenvalue weighted by Gasteiger charge is 2.23. The zero-order chi connectivity index (χ0) is 24.2. The summed E-state index contributed by atoms with van der Waals surface area (Å²) in [6, 6.07) is 13.3. The minimum Gasteiger partial charge on any atom is -0.452 e. The monoisotopic (exact) mass is 486 g/mol. The molecule has 0 bridgehead atoms. The van der Waals surface area contributed by atoms with Gasteiger partial charge in [0.15, 0.2) is 6.61 Å². The molecule has 3 rings (SSSR count). The lowest BCUT2D eigenvalue weighted by molar-refractivity contribution is -0.124. The second-order valence-electron chi connectivity index (χ2n) is 7.76. The molecule has 174 valence electrons. The smallest absolute Gasteiger partial charge is 0.340 e. The Labute approximate surface area is 197 Å². The Morgan fingerprint density at radius 1 is 1.03 bits per heavy atom. The highest BCUT2D eigenvalue weighted by atomic mass is 32.2. The number of ether oxygens (including phenoxy) is 1. The van der Waals surface area contributed by atoms with Crippen LogP contribution in [0.15, 0.2) is 58.8 Å². The lowest BCUT2D eigenvalue weighted by Gasteiger charge is -2.16. The number of sulfonamides is 1. The number of carbonyl (C=O) groups is 2. The largest absolute Gasteiger partial charge is 0.452 e. The van der Waals surface area contributed by atoms with Gasteiger partial charge in [0.2, 0.25) is 0 Å². The van der Waals surface area contributed by atoms with E-state index in [1.54, 1.807) is 38.1 Å². The number of carbonyl (C=O) groups excluding carboxylic acids is 2. The SMILES string of the molecule is Cc1cc(C)c(S(=O)(=O)Nc2ccccc2C(=O)OCC(=O)N[C@@H](C)c2cccs2)c(C)c1. The first-order valence-electron chi connectivity index (χ1n) is 10.3. The molecule has 0 aliphatic heterocycles. The second-order valence-corrected chi connectivity index (χ2v) is 10.4. The molecular formula is C24H26N2O5S2. The van der Waals surface area contributed by atoms with E-state index >= 15 is 0 Å². The van der Waals surface area contributed by atoms with Crippen LogP contribution in [0.5, 0.6) is 0 Å². The van der Waals surface area contributed by atoms with Crippen molar-refractivity contribution in [2.45, 2.75) is 38.6 Å². The number of anilines is 1. The third kappa shape index (κ3) is 6.00. The minimum atomic E-state index is -3.96. The summed E-state index contributed by atoms with van der Waals surface area (Å²) < 4.78 is 33.9. The third-order valence-electron chi connectivity index (χ3n) is 4.95. The Morgan fingerprint density at radius 2 is 1.70 bits per heavy atom. The fraction of sp³-hybridized carbons (Fsp3) is 0.250. The highest BCUT2D eigenvalue weighted by Crippen LogP contribution is 2.26. The quantitative estimate of drug-likeness (QED) is 0.456. The van der Waals surface area contributed by atoms with Crippen molar-refractivity contribution in [3.63, 3.8) is 0 Å². The van der Waals surface area contributed by atoms with Gasteiger partial charge < -0.3 is 10.1 Å². The standard InChI is InChI=1S/C24H26N2O5S2/c1-15-12-16(2)23(17(3)13-15)33(29,30)26-20-9-6-5-8-19(20)24(28)31-14-22(27)25-18(4)21-10-7-11-32-21/h5-13,18,26H,14H2,1-4H3,(H,25,27)/t18-/m0/s1. The van der Waals surface area contributed by atoms with Crippen LogP contribution in [0.1, 0.15) is 44.9 Å². The zero-order valence-electron chi connectivity index (χ0n) is 18.8. The molecule has 0 saturated heterocycles. The molecular weight excluding hydrogens is 460 g/mol. The van der Waals surface area contributed by atoms with Crippen molar-refractivity contribution in [1.29, 1.82) is 0 Å². The Kier molecular flexibility index (Phi) is 7.55. The van der Waals surface area contributed by atoms with Gasteiger partial charge in [-0.05, 0) is 62.4 Å². The normalized spacial score (nSPS) is 12.1. The van der Waals surface area contributed by atoms with Crippen LogP contribution in [0.25, 0.3) is 0 Å². The number of amides is 1. The van der Waals surface area contributed by atoms with Crippen LogP contribution in [0.3, 0.4) is 0 Å². The summed E-state index contributed by atoms with van der Waals surface area (Å²) in [5.74, 6) is -1.25. The number of rotatable bonds is 8. The number of benzene rings is 2. The van der Waals surface area contributed by atoms with Crippen molar-refractivity contribution in [3.8, 4) is 0 Å². The number of thiophene rings is 1. The fourth-order valence-corrected chi connectivity index (χ4v) is 5.91. The van der Waals surface area contributed by atoms with Gasteiger partial charge >= 0.3 is 5.97 Å². The summed E-state index contributed by atoms with van der Waals surface area (Å²) in [4.78, 5) is 26.0. The molecule has 33 heavy (non-hydrogen) atoms. The molecule has 9 heteroatoms. The first-order chi connectivity index (χ1) is 15.6. The van der Waals surface area contributed by atoms with Crippen molar-refractivity contribution in [2.75, 3.05) is 11.3 Å². The van der Waals surface area contributed by atoms with Crippen molar-refractivity contribution in [1.82, 2.24) is 5.32 Å². The summed E-state index contributed by atoms with van der Waals surface area (Å²) in [7, 11) is -3.96. The highest BCUT2D eigenvalue weighted by molar-refractivity contribution is 7.92. The van der Waals surface area contributed by atoms with E-state index in [4.69, 9.17) is 4.74 Å². The number of esters is 1. The van der Waals surface area contributed by atoms with Gasteiger partial charge in [-0.3, -0.25) is 9.52 Å². The Balaban J connectivity index is 1.72. The van der Waals surface area contributed by atoms with Gasteiger partial charge in [0.25, 0.3) is 15.9 Å². The summed E-state index contributed by atoms with van der Waals surface area (Å²) in [5.41, 5.74) is 2.27. The molecule has 1 amide bonds. The Hall–Kier alpha value is -3.17. The molecule has 0 saturated carbocycles. The second kappa shape index (κ2) is 10.2. The maximum atomic E-state index is 13.1.